The number of hydrogen-bond donors (Lipinski definition) is 0. The standard InChI is InChI=1S/C8H16O.H3P/c1-3-5-6-8(4-2)7-9;/h7-8H,3-6H2,1-2H3;1H3. The molecule has 2 unspecified atom stereocenters. The first-order valence-corrected chi connectivity index (χ1v) is 3.80. The van der Waals surface area contributed by atoms with E-state index >= 15 is 0 Å². The van der Waals surface area contributed by atoms with Gasteiger partial charge in [-0.3, -0.25) is 0 Å². The Morgan fingerprint density at radius 2 is 2.00 bits per heavy atom. The number of carbonyl (C=O) groups excluding carboxylic acids is 1. The smallest absolute Gasteiger partial charge is 0.123 e. The molecule has 0 heterocycles. The van der Waals surface area contributed by atoms with Gasteiger partial charge in [0.1, 0.15) is 6.29 Å². The van der Waals surface area contributed by atoms with E-state index in [0.29, 0.717) is 5.92 Å². The van der Waals surface area contributed by atoms with Crippen LogP contribution in [0.5, 0.6) is 0 Å². The van der Waals surface area contributed by atoms with Crippen molar-refractivity contribution in [3.05, 3.63) is 0 Å². The van der Waals surface area contributed by atoms with Crippen LogP contribution in [0.15, 0.2) is 0 Å². The quantitative estimate of drug-likeness (QED) is 0.448. The van der Waals surface area contributed by atoms with Crippen LogP contribution < -0.4 is 0 Å². The minimum absolute atomic E-state index is 0. The fourth-order valence-electron chi connectivity index (χ4n) is 0.835. The van der Waals surface area contributed by atoms with Crippen molar-refractivity contribution in [1.29, 1.82) is 0 Å². The van der Waals surface area contributed by atoms with Crippen molar-refractivity contribution >= 4 is 16.2 Å². The van der Waals surface area contributed by atoms with Crippen LogP contribution in [0.25, 0.3) is 0 Å². The molecule has 0 saturated carbocycles. The predicted octanol–water partition coefficient (Wildman–Crippen LogP) is 2.46. The van der Waals surface area contributed by atoms with Crippen LogP contribution in [0, 0.1) is 5.92 Å². The van der Waals surface area contributed by atoms with Crippen molar-refractivity contribution in [2.75, 3.05) is 0 Å². The van der Waals surface area contributed by atoms with Gasteiger partial charge >= 0.3 is 0 Å². The molecule has 10 heavy (non-hydrogen) atoms. The van der Waals surface area contributed by atoms with E-state index in [4.69, 9.17) is 0 Å². The van der Waals surface area contributed by atoms with Crippen molar-refractivity contribution in [2.45, 2.75) is 39.5 Å². The predicted molar refractivity (Wildman–Crippen MR) is 50.5 cm³/mol. The minimum Gasteiger partial charge on any atom is -0.303 e. The summed E-state index contributed by atoms with van der Waals surface area (Å²) in [5.74, 6) is 0.324. The van der Waals surface area contributed by atoms with E-state index in [1.807, 2.05) is 0 Å². The Morgan fingerprint density at radius 1 is 1.40 bits per heavy atom. The number of rotatable bonds is 5. The third kappa shape index (κ3) is 6.22. The first kappa shape index (κ1) is 12.7. The zero-order chi connectivity index (χ0) is 7.11. The van der Waals surface area contributed by atoms with Crippen LogP contribution in [-0.4, -0.2) is 6.29 Å². The maximum atomic E-state index is 10.2. The van der Waals surface area contributed by atoms with E-state index < -0.39 is 0 Å². The summed E-state index contributed by atoms with van der Waals surface area (Å²) in [5.41, 5.74) is 0. The first-order valence-electron chi connectivity index (χ1n) is 3.80. The van der Waals surface area contributed by atoms with Crippen LogP contribution in [0.2, 0.25) is 0 Å². The molecule has 0 N–H and O–H groups in total. The Labute approximate surface area is 67.2 Å². The summed E-state index contributed by atoms with van der Waals surface area (Å²) in [4.78, 5) is 10.2. The van der Waals surface area contributed by atoms with E-state index in [2.05, 4.69) is 13.8 Å². The van der Waals surface area contributed by atoms with Crippen LogP contribution in [0.1, 0.15) is 39.5 Å². The molecule has 0 radical (unpaired) electrons. The molecular formula is C8H19OP. The molecule has 1 nitrogen and oxygen atoms in total. The molecule has 0 amide bonds. The molecule has 0 aliphatic carbocycles. The third-order valence-corrected chi connectivity index (χ3v) is 1.65. The van der Waals surface area contributed by atoms with Crippen molar-refractivity contribution in [3.63, 3.8) is 0 Å². The fraction of sp³-hybridized carbons (Fsp3) is 0.875. The zero-order valence-corrected chi connectivity index (χ0v) is 8.51. The number of aldehydes is 1. The van der Waals surface area contributed by atoms with E-state index in [0.717, 1.165) is 19.1 Å². The maximum absolute atomic E-state index is 10.2. The largest absolute Gasteiger partial charge is 0.303 e. The van der Waals surface area contributed by atoms with Crippen molar-refractivity contribution < 1.29 is 4.79 Å². The Morgan fingerprint density at radius 3 is 2.30 bits per heavy atom. The van der Waals surface area contributed by atoms with E-state index in [1.165, 1.54) is 12.8 Å². The first-order chi connectivity index (χ1) is 4.35. The molecule has 2 atom stereocenters. The molecule has 0 aromatic rings. The molecule has 0 fully saturated rings. The summed E-state index contributed by atoms with van der Waals surface area (Å²) in [5, 5.41) is 0. The summed E-state index contributed by atoms with van der Waals surface area (Å²) < 4.78 is 0. The Balaban J connectivity index is 0. The van der Waals surface area contributed by atoms with Gasteiger partial charge in [0, 0.05) is 5.92 Å². The highest BCUT2D eigenvalue weighted by Crippen LogP contribution is 2.08. The normalized spacial score (nSPS) is 11.8. The Bertz CT molecular complexity index is 73.7. The Kier molecular flexibility index (Phi) is 11.6. The molecule has 0 aromatic carbocycles. The molecule has 0 aliphatic rings. The number of unbranched alkanes of at least 4 members (excludes halogenated alkanes) is 1. The molecule has 0 aliphatic heterocycles. The monoisotopic (exact) mass is 162 g/mol. The highest BCUT2D eigenvalue weighted by atomic mass is 31.0. The lowest BCUT2D eigenvalue weighted by Crippen LogP contribution is -1.98. The van der Waals surface area contributed by atoms with Crippen molar-refractivity contribution in [3.8, 4) is 0 Å². The zero-order valence-electron chi connectivity index (χ0n) is 7.10. The van der Waals surface area contributed by atoms with Crippen LogP contribution in [0.4, 0.5) is 0 Å². The highest BCUT2D eigenvalue weighted by molar-refractivity contribution is 6.92. The molecule has 0 aromatic heterocycles. The van der Waals surface area contributed by atoms with Crippen molar-refractivity contribution in [2.24, 2.45) is 5.92 Å². The molecule has 0 saturated heterocycles. The lowest BCUT2D eigenvalue weighted by Gasteiger charge is -2.03. The van der Waals surface area contributed by atoms with Gasteiger partial charge in [-0.25, -0.2) is 0 Å². The third-order valence-electron chi connectivity index (χ3n) is 1.65. The number of hydrogen-bond acceptors (Lipinski definition) is 1. The van der Waals surface area contributed by atoms with Gasteiger partial charge in [0.15, 0.2) is 0 Å². The average Bonchev–Trinajstić information content (AvgIpc) is 1.91. The molecule has 0 bridgehead atoms. The molecular weight excluding hydrogens is 143 g/mol. The van der Waals surface area contributed by atoms with Crippen LogP contribution >= 0.6 is 9.90 Å². The summed E-state index contributed by atoms with van der Waals surface area (Å²) in [6, 6.07) is 0. The molecule has 0 rings (SSSR count). The molecule has 0 spiro atoms. The van der Waals surface area contributed by atoms with Gasteiger partial charge in [-0.2, -0.15) is 9.90 Å². The SMILES string of the molecule is CCCCC(C=O)CC.P. The van der Waals surface area contributed by atoms with Gasteiger partial charge in [-0.1, -0.05) is 26.7 Å². The average molecular weight is 162 g/mol. The summed E-state index contributed by atoms with van der Waals surface area (Å²) in [6.45, 7) is 4.21. The van der Waals surface area contributed by atoms with Gasteiger partial charge < -0.3 is 4.79 Å². The second-order valence-electron chi connectivity index (χ2n) is 2.45. The maximum Gasteiger partial charge on any atom is 0.123 e. The molecule has 2 heteroatoms. The van der Waals surface area contributed by atoms with Crippen LogP contribution in [-0.2, 0) is 4.79 Å². The van der Waals surface area contributed by atoms with Crippen LogP contribution in [0.3, 0.4) is 0 Å². The van der Waals surface area contributed by atoms with E-state index in [-0.39, 0.29) is 9.90 Å². The van der Waals surface area contributed by atoms with Crippen molar-refractivity contribution in [1.82, 2.24) is 0 Å². The van der Waals surface area contributed by atoms with E-state index in [1.54, 1.807) is 0 Å². The lowest BCUT2D eigenvalue weighted by molar-refractivity contribution is -0.111. The second-order valence-corrected chi connectivity index (χ2v) is 2.45. The second kappa shape index (κ2) is 9.10. The van der Waals surface area contributed by atoms with Gasteiger partial charge in [-0.05, 0) is 12.8 Å². The lowest BCUT2D eigenvalue weighted by atomic mass is 10.0. The van der Waals surface area contributed by atoms with Gasteiger partial charge in [-0.15, -0.1) is 0 Å². The highest BCUT2D eigenvalue weighted by Gasteiger charge is 2.01. The van der Waals surface area contributed by atoms with Gasteiger partial charge in [0.05, 0.1) is 0 Å². The van der Waals surface area contributed by atoms with Gasteiger partial charge in [0.2, 0.25) is 0 Å². The Hall–Kier alpha value is 0.100. The summed E-state index contributed by atoms with van der Waals surface area (Å²) in [6.07, 6.45) is 5.55. The minimum atomic E-state index is 0. The summed E-state index contributed by atoms with van der Waals surface area (Å²) >= 11 is 0. The van der Waals surface area contributed by atoms with Gasteiger partial charge in [0.25, 0.3) is 0 Å². The summed E-state index contributed by atoms with van der Waals surface area (Å²) in [7, 11) is 0. The molecule has 62 valence electrons. The fourth-order valence-corrected chi connectivity index (χ4v) is 0.835. The topological polar surface area (TPSA) is 17.1 Å². The number of carbonyl (C=O) groups is 1. The van der Waals surface area contributed by atoms with E-state index in [9.17, 15) is 4.79 Å².